The molecule has 0 heterocycles. The van der Waals surface area contributed by atoms with E-state index in [1.54, 1.807) is 37.2 Å². The first-order valence-corrected chi connectivity index (χ1v) is 6.64. The molecule has 0 radical (unpaired) electrons. The monoisotopic (exact) mass is 279 g/mol. The van der Waals surface area contributed by atoms with Crippen molar-refractivity contribution < 1.29 is 19.1 Å². The van der Waals surface area contributed by atoms with E-state index in [-0.39, 0.29) is 5.91 Å². The van der Waals surface area contributed by atoms with Gasteiger partial charge in [-0.25, -0.2) is 0 Å². The van der Waals surface area contributed by atoms with Gasteiger partial charge in [0.05, 0.1) is 18.8 Å². The molecule has 5 nitrogen and oxygen atoms in total. The van der Waals surface area contributed by atoms with Crippen molar-refractivity contribution in [3.63, 3.8) is 0 Å². The molecule has 0 fully saturated rings. The van der Waals surface area contributed by atoms with Crippen LogP contribution in [0.3, 0.4) is 0 Å². The Hall–Kier alpha value is -2.04. The van der Waals surface area contributed by atoms with E-state index in [1.807, 2.05) is 6.92 Å². The largest absolute Gasteiger partial charge is 0.490 e. The van der Waals surface area contributed by atoms with Crippen molar-refractivity contribution in [2.24, 2.45) is 0 Å². The Morgan fingerprint density at radius 2 is 2.05 bits per heavy atom. The number of carbonyl (C=O) groups is 2. The summed E-state index contributed by atoms with van der Waals surface area (Å²) in [6.45, 7) is 2.73. The Balaban J connectivity index is 2.62. The van der Waals surface area contributed by atoms with Crippen molar-refractivity contribution in [3.05, 3.63) is 23.8 Å². The Morgan fingerprint density at radius 1 is 1.30 bits per heavy atom. The predicted octanol–water partition coefficient (Wildman–Crippen LogP) is 2.14. The quantitative estimate of drug-likeness (QED) is 0.540. The number of para-hydroxylation sites is 1. The van der Waals surface area contributed by atoms with Crippen molar-refractivity contribution in [3.8, 4) is 11.5 Å². The van der Waals surface area contributed by atoms with Crippen molar-refractivity contribution >= 4 is 12.2 Å². The second kappa shape index (κ2) is 8.19. The lowest BCUT2D eigenvalue weighted by molar-refractivity contribution is -0.128. The highest BCUT2D eigenvalue weighted by Crippen LogP contribution is 2.30. The summed E-state index contributed by atoms with van der Waals surface area (Å²) in [6, 6.07) is 5.18. The highest BCUT2D eigenvalue weighted by Gasteiger charge is 2.11. The molecule has 5 heteroatoms. The number of hydrogen-bond acceptors (Lipinski definition) is 4. The Kier molecular flexibility index (Phi) is 6.56. The standard InChI is InChI=1S/C15H21NO4/c1-4-19-13-8-5-7-12(11-17)15(13)20-10-6-9-14(18)16(2)3/h5,7-8,11H,4,6,9-10H2,1-3H3. The van der Waals surface area contributed by atoms with Crippen molar-refractivity contribution in [1.82, 2.24) is 4.90 Å². The molecule has 1 aromatic rings. The van der Waals surface area contributed by atoms with Gasteiger partial charge in [0, 0.05) is 20.5 Å². The molecular weight excluding hydrogens is 258 g/mol. The fraction of sp³-hybridized carbons (Fsp3) is 0.467. The van der Waals surface area contributed by atoms with Gasteiger partial charge in [-0.15, -0.1) is 0 Å². The van der Waals surface area contributed by atoms with Crippen LogP contribution in [-0.4, -0.2) is 44.4 Å². The van der Waals surface area contributed by atoms with Crippen LogP contribution in [0.1, 0.15) is 30.1 Å². The van der Waals surface area contributed by atoms with Crippen LogP contribution in [0.4, 0.5) is 0 Å². The molecule has 0 aliphatic carbocycles. The molecule has 0 unspecified atom stereocenters. The first-order valence-electron chi connectivity index (χ1n) is 6.64. The van der Waals surface area contributed by atoms with Crippen LogP contribution in [0.5, 0.6) is 11.5 Å². The van der Waals surface area contributed by atoms with E-state index in [1.165, 1.54) is 0 Å². The van der Waals surface area contributed by atoms with E-state index in [0.717, 1.165) is 6.29 Å². The van der Waals surface area contributed by atoms with Crippen molar-refractivity contribution in [2.75, 3.05) is 27.3 Å². The van der Waals surface area contributed by atoms with Crippen molar-refractivity contribution in [1.29, 1.82) is 0 Å². The average Bonchev–Trinajstić information content (AvgIpc) is 2.44. The van der Waals surface area contributed by atoms with Gasteiger partial charge in [0.1, 0.15) is 0 Å². The summed E-state index contributed by atoms with van der Waals surface area (Å²) in [5.41, 5.74) is 0.454. The number of hydrogen-bond donors (Lipinski definition) is 0. The maximum absolute atomic E-state index is 11.4. The molecular formula is C15H21NO4. The van der Waals surface area contributed by atoms with E-state index >= 15 is 0 Å². The molecule has 0 aliphatic heterocycles. The van der Waals surface area contributed by atoms with Crippen LogP contribution < -0.4 is 9.47 Å². The zero-order valence-electron chi connectivity index (χ0n) is 12.2. The molecule has 0 saturated heterocycles. The molecule has 0 bridgehead atoms. The molecule has 1 aromatic carbocycles. The molecule has 0 N–H and O–H groups in total. The summed E-state index contributed by atoms with van der Waals surface area (Å²) in [7, 11) is 3.44. The summed E-state index contributed by atoms with van der Waals surface area (Å²) in [6.07, 6.45) is 1.75. The second-order valence-electron chi connectivity index (χ2n) is 4.47. The Bertz CT molecular complexity index is 457. The lowest BCUT2D eigenvalue weighted by atomic mass is 10.2. The summed E-state index contributed by atoms with van der Waals surface area (Å²) in [5, 5.41) is 0. The molecule has 110 valence electrons. The van der Waals surface area contributed by atoms with Gasteiger partial charge in [-0.2, -0.15) is 0 Å². The summed E-state index contributed by atoms with van der Waals surface area (Å²) in [4.78, 5) is 24.0. The minimum absolute atomic E-state index is 0.0577. The summed E-state index contributed by atoms with van der Waals surface area (Å²) >= 11 is 0. The third kappa shape index (κ3) is 4.57. The number of aldehydes is 1. The predicted molar refractivity (Wildman–Crippen MR) is 76.4 cm³/mol. The highest BCUT2D eigenvalue weighted by molar-refractivity contribution is 5.81. The van der Waals surface area contributed by atoms with Gasteiger partial charge in [-0.1, -0.05) is 6.07 Å². The molecule has 1 rings (SSSR count). The van der Waals surface area contributed by atoms with Gasteiger partial charge in [-0.3, -0.25) is 9.59 Å². The second-order valence-corrected chi connectivity index (χ2v) is 4.47. The van der Waals surface area contributed by atoms with E-state index < -0.39 is 0 Å². The summed E-state index contributed by atoms with van der Waals surface area (Å²) < 4.78 is 11.1. The maximum Gasteiger partial charge on any atom is 0.222 e. The van der Waals surface area contributed by atoms with Crippen LogP contribution in [0.15, 0.2) is 18.2 Å². The average molecular weight is 279 g/mol. The fourth-order valence-electron chi connectivity index (χ4n) is 1.67. The van der Waals surface area contributed by atoms with Gasteiger partial charge in [0.25, 0.3) is 0 Å². The smallest absolute Gasteiger partial charge is 0.222 e. The van der Waals surface area contributed by atoms with Gasteiger partial charge < -0.3 is 14.4 Å². The molecule has 0 aromatic heterocycles. The first kappa shape index (κ1) is 16.0. The van der Waals surface area contributed by atoms with Crippen LogP contribution in [0.2, 0.25) is 0 Å². The number of carbonyl (C=O) groups excluding carboxylic acids is 2. The minimum atomic E-state index is 0.0577. The van der Waals surface area contributed by atoms with Gasteiger partial charge in [0.15, 0.2) is 17.8 Å². The molecule has 1 amide bonds. The van der Waals surface area contributed by atoms with Gasteiger partial charge in [0.2, 0.25) is 5.91 Å². The van der Waals surface area contributed by atoms with Gasteiger partial charge in [-0.05, 0) is 25.5 Å². The first-order chi connectivity index (χ1) is 9.60. The lowest BCUT2D eigenvalue weighted by Crippen LogP contribution is -2.21. The number of nitrogens with zero attached hydrogens (tertiary/aromatic N) is 1. The third-order valence-corrected chi connectivity index (χ3v) is 2.72. The SMILES string of the molecule is CCOc1cccc(C=O)c1OCCCC(=O)N(C)C. The van der Waals surface area contributed by atoms with Crippen LogP contribution in [0.25, 0.3) is 0 Å². The Labute approximate surface area is 119 Å². The lowest BCUT2D eigenvalue weighted by Gasteiger charge is -2.14. The number of rotatable bonds is 8. The molecule has 0 aliphatic rings. The zero-order valence-corrected chi connectivity index (χ0v) is 12.2. The van der Waals surface area contributed by atoms with E-state index in [4.69, 9.17) is 9.47 Å². The number of benzene rings is 1. The Morgan fingerprint density at radius 3 is 2.65 bits per heavy atom. The summed E-state index contributed by atoms with van der Waals surface area (Å²) in [5.74, 6) is 1.06. The topological polar surface area (TPSA) is 55.8 Å². The van der Waals surface area contributed by atoms with E-state index in [0.29, 0.717) is 43.1 Å². The number of ether oxygens (including phenoxy) is 2. The zero-order chi connectivity index (χ0) is 15.0. The van der Waals surface area contributed by atoms with Crippen LogP contribution in [0, 0.1) is 0 Å². The molecule has 20 heavy (non-hydrogen) atoms. The van der Waals surface area contributed by atoms with Crippen molar-refractivity contribution in [2.45, 2.75) is 19.8 Å². The molecule has 0 atom stereocenters. The van der Waals surface area contributed by atoms with Crippen LogP contribution >= 0.6 is 0 Å². The number of amides is 1. The molecule has 0 spiro atoms. The molecule has 0 saturated carbocycles. The van der Waals surface area contributed by atoms with Gasteiger partial charge >= 0.3 is 0 Å². The minimum Gasteiger partial charge on any atom is -0.490 e. The fourth-order valence-corrected chi connectivity index (χ4v) is 1.67. The maximum atomic E-state index is 11.4. The highest BCUT2D eigenvalue weighted by atomic mass is 16.5. The third-order valence-electron chi connectivity index (χ3n) is 2.72. The van der Waals surface area contributed by atoms with E-state index in [9.17, 15) is 9.59 Å². The van der Waals surface area contributed by atoms with Crippen LogP contribution in [-0.2, 0) is 4.79 Å². The normalized spacial score (nSPS) is 9.95. The van der Waals surface area contributed by atoms with E-state index in [2.05, 4.69) is 0 Å².